The molecule has 1 heterocycles. The summed E-state index contributed by atoms with van der Waals surface area (Å²) in [5, 5.41) is 3.46. The number of benzene rings is 1. The van der Waals surface area contributed by atoms with E-state index in [1.165, 1.54) is 5.56 Å². The van der Waals surface area contributed by atoms with E-state index in [1.54, 1.807) is 4.90 Å². The standard InChI is InChI=1S/C14H20N2O2/c1-3-18-14(17)16-10-13(15-9-11(16)2)12-7-5-4-6-8-12/h4-8,11,13,15H,3,9-10H2,1-2H3. The topological polar surface area (TPSA) is 41.6 Å². The summed E-state index contributed by atoms with van der Waals surface area (Å²) in [7, 11) is 0. The monoisotopic (exact) mass is 248 g/mol. The zero-order valence-electron chi connectivity index (χ0n) is 10.9. The lowest BCUT2D eigenvalue weighted by molar-refractivity contribution is 0.0755. The zero-order chi connectivity index (χ0) is 13.0. The van der Waals surface area contributed by atoms with Gasteiger partial charge in [0.1, 0.15) is 0 Å². The third kappa shape index (κ3) is 2.82. The van der Waals surface area contributed by atoms with Gasteiger partial charge in [-0.2, -0.15) is 0 Å². The SMILES string of the molecule is CCOC(=O)N1CC(c2ccccc2)NCC1C. The first kappa shape index (κ1) is 12.9. The second-order valence-electron chi connectivity index (χ2n) is 4.57. The maximum Gasteiger partial charge on any atom is 0.410 e. The molecule has 0 saturated carbocycles. The Labute approximate surface area is 108 Å². The number of nitrogens with one attached hydrogen (secondary N) is 1. The lowest BCUT2D eigenvalue weighted by atomic mass is 10.0. The molecule has 1 aliphatic heterocycles. The summed E-state index contributed by atoms with van der Waals surface area (Å²) < 4.78 is 5.10. The predicted molar refractivity (Wildman–Crippen MR) is 70.4 cm³/mol. The van der Waals surface area contributed by atoms with Crippen molar-refractivity contribution in [3.8, 4) is 0 Å². The number of carbonyl (C=O) groups excluding carboxylic acids is 1. The number of piperazine rings is 1. The molecule has 18 heavy (non-hydrogen) atoms. The molecular formula is C14H20N2O2. The summed E-state index contributed by atoms with van der Waals surface area (Å²) >= 11 is 0. The van der Waals surface area contributed by atoms with Crippen LogP contribution < -0.4 is 5.32 Å². The fourth-order valence-electron chi connectivity index (χ4n) is 2.23. The van der Waals surface area contributed by atoms with Crippen LogP contribution in [-0.4, -0.2) is 36.7 Å². The predicted octanol–water partition coefficient (Wildman–Crippen LogP) is 2.18. The number of rotatable bonds is 2. The number of hydrogen-bond donors (Lipinski definition) is 1. The third-order valence-corrected chi connectivity index (χ3v) is 3.28. The van der Waals surface area contributed by atoms with E-state index in [1.807, 2.05) is 32.0 Å². The molecule has 0 aromatic heterocycles. The van der Waals surface area contributed by atoms with E-state index in [0.29, 0.717) is 13.2 Å². The average molecular weight is 248 g/mol. The summed E-state index contributed by atoms with van der Waals surface area (Å²) in [6, 6.07) is 10.6. The molecule has 98 valence electrons. The van der Waals surface area contributed by atoms with E-state index in [-0.39, 0.29) is 18.2 Å². The summed E-state index contributed by atoms with van der Waals surface area (Å²) in [6.07, 6.45) is -0.215. The van der Waals surface area contributed by atoms with Gasteiger partial charge >= 0.3 is 6.09 Å². The Bertz CT molecular complexity index is 394. The van der Waals surface area contributed by atoms with Gasteiger partial charge < -0.3 is 15.0 Å². The van der Waals surface area contributed by atoms with Gasteiger partial charge in [-0.1, -0.05) is 30.3 Å². The van der Waals surface area contributed by atoms with Crippen LogP contribution >= 0.6 is 0 Å². The summed E-state index contributed by atoms with van der Waals surface area (Å²) in [5.41, 5.74) is 1.21. The average Bonchev–Trinajstić information content (AvgIpc) is 2.40. The zero-order valence-corrected chi connectivity index (χ0v) is 10.9. The Morgan fingerprint density at radius 2 is 2.17 bits per heavy atom. The Kier molecular flexibility index (Phi) is 4.20. The molecule has 2 unspecified atom stereocenters. The molecule has 1 N–H and O–H groups in total. The van der Waals surface area contributed by atoms with E-state index in [9.17, 15) is 4.79 Å². The third-order valence-electron chi connectivity index (χ3n) is 3.28. The summed E-state index contributed by atoms with van der Waals surface area (Å²) in [6.45, 7) is 5.73. The van der Waals surface area contributed by atoms with Gasteiger partial charge in [-0.15, -0.1) is 0 Å². The number of amides is 1. The van der Waals surface area contributed by atoms with E-state index in [4.69, 9.17) is 4.74 Å². The minimum absolute atomic E-state index is 0.170. The molecule has 2 rings (SSSR count). The molecule has 4 nitrogen and oxygen atoms in total. The Morgan fingerprint density at radius 3 is 2.83 bits per heavy atom. The van der Waals surface area contributed by atoms with Crippen LogP contribution in [0.2, 0.25) is 0 Å². The van der Waals surface area contributed by atoms with Crippen molar-refractivity contribution >= 4 is 6.09 Å². The van der Waals surface area contributed by atoms with Crippen LogP contribution in [0.1, 0.15) is 25.5 Å². The second-order valence-corrected chi connectivity index (χ2v) is 4.57. The quantitative estimate of drug-likeness (QED) is 0.872. The maximum absolute atomic E-state index is 11.9. The molecule has 1 aromatic carbocycles. The molecule has 1 amide bonds. The second kappa shape index (κ2) is 5.87. The Balaban J connectivity index is 2.07. The van der Waals surface area contributed by atoms with Crippen molar-refractivity contribution in [3.05, 3.63) is 35.9 Å². The van der Waals surface area contributed by atoms with Gasteiger partial charge in [0, 0.05) is 19.1 Å². The Morgan fingerprint density at radius 1 is 1.44 bits per heavy atom. The van der Waals surface area contributed by atoms with E-state index < -0.39 is 0 Å². The van der Waals surface area contributed by atoms with Crippen LogP contribution in [0.15, 0.2) is 30.3 Å². The highest BCUT2D eigenvalue weighted by Gasteiger charge is 2.29. The fraction of sp³-hybridized carbons (Fsp3) is 0.500. The first-order chi connectivity index (χ1) is 8.72. The molecular weight excluding hydrogens is 228 g/mol. The van der Waals surface area contributed by atoms with Crippen molar-refractivity contribution in [1.29, 1.82) is 0 Å². The molecule has 1 saturated heterocycles. The molecule has 1 aromatic rings. The number of nitrogens with zero attached hydrogens (tertiary/aromatic N) is 1. The van der Waals surface area contributed by atoms with Crippen LogP contribution in [-0.2, 0) is 4.74 Å². The molecule has 0 aliphatic carbocycles. The van der Waals surface area contributed by atoms with Gasteiger partial charge in [0.2, 0.25) is 0 Å². The largest absolute Gasteiger partial charge is 0.450 e. The highest BCUT2D eigenvalue weighted by atomic mass is 16.6. The van der Waals surface area contributed by atoms with E-state index >= 15 is 0 Å². The highest BCUT2D eigenvalue weighted by Crippen LogP contribution is 2.20. The van der Waals surface area contributed by atoms with Gasteiger partial charge in [0.25, 0.3) is 0 Å². The smallest absolute Gasteiger partial charge is 0.410 e. The van der Waals surface area contributed by atoms with Gasteiger partial charge in [0.15, 0.2) is 0 Å². The van der Waals surface area contributed by atoms with E-state index in [0.717, 1.165) is 6.54 Å². The molecule has 0 spiro atoms. The van der Waals surface area contributed by atoms with Crippen LogP contribution in [0.4, 0.5) is 4.79 Å². The van der Waals surface area contributed by atoms with Crippen molar-refractivity contribution in [2.45, 2.75) is 25.9 Å². The van der Waals surface area contributed by atoms with Crippen LogP contribution in [0.5, 0.6) is 0 Å². The van der Waals surface area contributed by atoms with Crippen molar-refractivity contribution in [2.75, 3.05) is 19.7 Å². The molecule has 2 atom stereocenters. The van der Waals surface area contributed by atoms with Crippen LogP contribution in [0.25, 0.3) is 0 Å². The Hall–Kier alpha value is -1.55. The van der Waals surface area contributed by atoms with E-state index in [2.05, 4.69) is 17.4 Å². The van der Waals surface area contributed by atoms with Gasteiger partial charge in [0.05, 0.1) is 12.6 Å². The van der Waals surface area contributed by atoms with Crippen molar-refractivity contribution in [2.24, 2.45) is 0 Å². The minimum atomic E-state index is -0.215. The lowest BCUT2D eigenvalue weighted by Crippen LogP contribution is -2.53. The van der Waals surface area contributed by atoms with Gasteiger partial charge in [-0.05, 0) is 19.4 Å². The number of ether oxygens (including phenoxy) is 1. The highest BCUT2D eigenvalue weighted by molar-refractivity contribution is 5.68. The molecule has 1 aliphatic rings. The maximum atomic E-state index is 11.9. The summed E-state index contributed by atoms with van der Waals surface area (Å²) in [5.74, 6) is 0. The number of hydrogen-bond acceptors (Lipinski definition) is 3. The first-order valence-electron chi connectivity index (χ1n) is 6.44. The van der Waals surface area contributed by atoms with Crippen LogP contribution in [0, 0.1) is 0 Å². The number of carbonyl (C=O) groups is 1. The molecule has 1 fully saturated rings. The molecule has 0 radical (unpaired) electrons. The normalized spacial score (nSPS) is 23.8. The molecule has 0 bridgehead atoms. The minimum Gasteiger partial charge on any atom is -0.450 e. The van der Waals surface area contributed by atoms with Gasteiger partial charge in [-0.3, -0.25) is 0 Å². The first-order valence-corrected chi connectivity index (χ1v) is 6.44. The van der Waals surface area contributed by atoms with Crippen molar-refractivity contribution < 1.29 is 9.53 Å². The summed E-state index contributed by atoms with van der Waals surface area (Å²) in [4.78, 5) is 13.7. The molecule has 4 heteroatoms. The van der Waals surface area contributed by atoms with Crippen molar-refractivity contribution in [3.63, 3.8) is 0 Å². The fourth-order valence-corrected chi connectivity index (χ4v) is 2.23. The van der Waals surface area contributed by atoms with Crippen molar-refractivity contribution in [1.82, 2.24) is 10.2 Å². The van der Waals surface area contributed by atoms with Gasteiger partial charge in [-0.25, -0.2) is 4.79 Å². The van der Waals surface area contributed by atoms with Crippen LogP contribution in [0.3, 0.4) is 0 Å². The lowest BCUT2D eigenvalue weighted by Gasteiger charge is -2.38.